The molecule has 47 heavy (non-hydrogen) atoms. The number of aryl methyl sites for hydroxylation is 1. The van der Waals surface area contributed by atoms with Gasteiger partial charge in [-0.25, -0.2) is 19.3 Å². The summed E-state index contributed by atoms with van der Waals surface area (Å²) >= 11 is 1.39. The first-order valence-electron chi connectivity index (χ1n) is 15.3. The second kappa shape index (κ2) is 13.8. The Bertz CT molecular complexity index is 1740. The summed E-state index contributed by atoms with van der Waals surface area (Å²) in [6, 6.07) is 12.7. The van der Waals surface area contributed by atoms with Gasteiger partial charge < -0.3 is 19.1 Å². The maximum absolute atomic E-state index is 14.1. The fourth-order valence-electron chi connectivity index (χ4n) is 5.46. The Morgan fingerprint density at radius 3 is 2.47 bits per heavy atom. The Morgan fingerprint density at radius 1 is 1.06 bits per heavy atom. The Hall–Kier alpha value is -4.39. The first-order chi connectivity index (χ1) is 22.2. The van der Waals surface area contributed by atoms with E-state index in [1.165, 1.54) is 29.9 Å². The lowest BCUT2D eigenvalue weighted by Crippen LogP contribution is -2.41. The molecule has 0 unspecified atom stereocenters. The van der Waals surface area contributed by atoms with Crippen molar-refractivity contribution in [1.29, 1.82) is 0 Å². The molecular weight excluding hydrogens is 633 g/mol. The summed E-state index contributed by atoms with van der Waals surface area (Å²) in [4.78, 5) is 31.6. The van der Waals surface area contributed by atoms with Crippen molar-refractivity contribution in [3.8, 4) is 22.1 Å². The van der Waals surface area contributed by atoms with Crippen molar-refractivity contribution in [3.05, 3.63) is 82.0 Å². The number of benzene rings is 1. The van der Waals surface area contributed by atoms with Crippen LogP contribution in [0.2, 0.25) is 0 Å². The van der Waals surface area contributed by atoms with Crippen LogP contribution in [0.5, 0.6) is 5.75 Å². The number of rotatable bonds is 8. The van der Waals surface area contributed by atoms with E-state index < -0.39 is 29.0 Å². The SMILES string of the molecule is CCOC(=O)c1cnn(-c2cccc(-c3sccc3COc3ccc(C4CCN(C(=O)OC(C)(C)C)CC4)cc3C)n2)c1C(F)(F)F. The highest BCUT2D eigenvalue weighted by molar-refractivity contribution is 7.13. The van der Waals surface area contributed by atoms with E-state index in [1.54, 1.807) is 17.0 Å². The van der Waals surface area contributed by atoms with Gasteiger partial charge in [0, 0.05) is 18.7 Å². The monoisotopic (exact) mass is 670 g/mol. The Labute approximate surface area is 275 Å². The Balaban J connectivity index is 1.28. The maximum Gasteiger partial charge on any atom is 0.434 e. The van der Waals surface area contributed by atoms with E-state index >= 15 is 0 Å². The minimum Gasteiger partial charge on any atom is -0.489 e. The number of alkyl halides is 3. The third-order valence-corrected chi connectivity index (χ3v) is 8.64. The van der Waals surface area contributed by atoms with E-state index in [0.29, 0.717) is 29.4 Å². The molecule has 0 saturated carbocycles. The molecule has 9 nitrogen and oxygen atoms in total. The van der Waals surface area contributed by atoms with Gasteiger partial charge >= 0.3 is 18.2 Å². The number of aromatic nitrogens is 3. The molecule has 1 saturated heterocycles. The molecule has 250 valence electrons. The van der Waals surface area contributed by atoms with Crippen molar-refractivity contribution < 1.29 is 37.0 Å². The van der Waals surface area contributed by atoms with Gasteiger partial charge in [-0.05, 0) is 94.2 Å². The van der Waals surface area contributed by atoms with Crippen LogP contribution in [0.15, 0.2) is 54.0 Å². The highest BCUT2D eigenvalue weighted by Gasteiger charge is 2.41. The number of amides is 1. The predicted octanol–water partition coefficient (Wildman–Crippen LogP) is 8.19. The summed E-state index contributed by atoms with van der Waals surface area (Å²) in [6.45, 7) is 10.5. The highest BCUT2D eigenvalue weighted by Crippen LogP contribution is 2.36. The third-order valence-electron chi connectivity index (χ3n) is 7.66. The zero-order chi connectivity index (χ0) is 33.9. The minimum absolute atomic E-state index is 0.0707. The number of piperidine rings is 1. The normalized spacial score (nSPS) is 14.3. The number of carbonyl (C=O) groups is 2. The number of ether oxygens (including phenoxy) is 3. The number of pyridine rings is 1. The molecule has 0 radical (unpaired) electrons. The number of nitrogens with zero attached hydrogens (tertiary/aromatic N) is 4. The topological polar surface area (TPSA) is 95.8 Å². The van der Waals surface area contributed by atoms with Crippen molar-refractivity contribution in [2.45, 2.75) is 71.8 Å². The lowest BCUT2D eigenvalue weighted by Gasteiger charge is -2.33. The van der Waals surface area contributed by atoms with Gasteiger partial charge in [-0.15, -0.1) is 11.3 Å². The molecule has 0 N–H and O–H groups in total. The molecule has 4 aromatic rings. The smallest absolute Gasteiger partial charge is 0.434 e. The number of thiophene rings is 1. The van der Waals surface area contributed by atoms with E-state index in [-0.39, 0.29) is 25.1 Å². The molecule has 0 aliphatic carbocycles. The number of hydrogen-bond donors (Lipinski definition) is 0. The standard InChI is InChI=1S/C34H37F3N4O5S/c1-6-44-31(42)25-19-38-41(30(25)34(35,36)37)28-9-7-8-26(39-28)29-24(14-17-47-29)20-45-27-11-10-23(18-21(27)2)22-12-15-40(16-13-22)32(43)46-33(3,4)5/h7-11,14,17-19,22H,6,12-13,15-16,20H2,1-5H3. The number of esters is 1. The first-order valence-corrected chi connectivity index (χ1v) is 16.2. The van der Waals surface area contributed by atoms with Gasteiger partial charge in [0.25, 0.3) is 0 Å². The molecule has 1 aliphatic rings. The van der Waals surface area contributed by atoms with Gasteiger partial charge in [-0.3, -0.25) is 0 Å². The first kappa shape index (κ1) is 34.0. The predicted molar refractivity (Wildman–Crippen MR) is 171 cm³/mol. The van der Waals surface area contributed by atoms with E-state index in [1.807, 2.05) is 45.2 Å². The fourth-order valence-corrected chi connectivity index (χ4v) is 6.34. The summed E-state index contributed by atoms with van der Waals surface area (Å²) < 4.78 is 59.3. The maximum atomic E-state index is 14.1. The molecule has 13 heteroatoms. The fraction of sp³-hybridized carbons (Fsp3) is 0.412. The van der Waals surface area contributed by atoms with Crippen molar-refractivity contribution in [1.82, 2.24) is 19.7 Å². The third kappa shape index (κ3) is 7.95. The second-order valence-corrected chi connectivity index (χ2v) is 13.2. The molecule has 1 aromatic carbocycles. The zero-order valence-electron chi connectivity index (χ0n) is 26.9. The molecule has 0 spiro atoms. The van der Waals surface area contributed by atoms with Crippen LogP contribution >= 0.6 is 11.3 Å². The summed E-state index contributed by atoms with van der Waals surface area (Å²) in [5, 5.41) is 5.71. The van der Waals surface area contributed by atoms with Gasteiger partial charge in [-0.1, -0.05) is 18.2 Å². The van der Waals surface area contributed by atoms with Crippen LogP contribution < -0.4 is 4.74 Å². The summed E-state index contributed by atoms with van der Waals surface area (Å²) in [7, 11) is 0. The van der Waals surface area contributed by atoms with Crippen LogP contribution in [0.25, 0.3) is 16.4 Å². The molecular formula is C34H37F3N4O5S. The summed E-state index contributed by atoms with van der Waals surface area (Å²) in [5.41, 5.74) is 0.989. The number of hydrogen-bond acceptors (Lipinski definition) is 8. The Kier molecular flexibility index (Phi) is 9.94. The highest BCUT2D eigenvalue weighted by atomic mass is 32.1. The van der Waals surface area contributed by atoms with Gasteiger partial charge in [0.15, 0.2) is 11.5 Å². The molecule has 5 rings (SSSR count). The zero-order valence-corrected chi connectivity index (χ0v) is 27.7. The molecule has 1 amide bonds. The van der Waals surface area contributed by atoms with Crippen LogP contribution in [0.4, 0.5) is 18.0 Å². The van der Waals surface area contributed by atoms with Gasteiger partial charge in [-0.2, -0.15) is 18.3 Å². The molecule has 3 aromatic heterocycles. The lowest BCUT2D eigenvalue weighted by molar-refractivity contribution is -0.143. The van der Waals surface area contributed by atoms with E-state index in [2.05, 4.69) is 22.2 Å². The quantitative estimate of drug-likeness (QED) is 0.175. The van der Waals surface area contributed by atoms with E-state index in [0.717, 1.165) is 40.8 Å². The van der Waals surface area contributed by atoms with Gasteiger partial charge in [0.05, 0.1) is 23.4 Å². The second-order valence-electron chi connectivity index (χ2n) is 12.2. The van der Waals surface area contributed by atoms with Crippen LogP contribution in [0.3, 0.4) is 0 Å². The molecule has 4 heterocycles. The summed E-state index contributed by atoms with van der Waals surface area (Å²) in [6.07, 6.45) is -2.61. The number of carbonyl (C=O) groups excluding carboxylic acids is 2. The van der Waals surface area contributed by atoms with Crippen LogP contribution in [-0.2, 0) is 22.3 Å². The average molecular weight is 671 g/mol. The number of likely N-dealkylation sites (tertiary alicyclic amines) is 1. The largest absolute Gasteiger partial charge is 0.489 e. The minimum atomic E-state index is -4.87. The van der Waals surface area contributed by atoms with Crippen LogP contribution in [-0.4, -0.2) is 57.0 Å². The van der Waals surface area contributed by atoms with Gasteiger partial charge in [0.2, 0.25) is 0 Å². The summed E-state index contributed by atoms with van der Waals surface area (Å²) in [5.74, 6) is -0.151. The van der Waals surface area contributed by atoms with Gasteiger partial charge in [0.1, 0.15) is 23.5 Å². The van der Waals surface area contributed by atoms with E-state index in [9.17, 15) is 22.8 Å². The molecule has 0 bridgehead atoms. The van der Waals surface area contributed by atoms with Crippen molar-refractivity contribution in [3.63, 3.8) is 0 Å². The van der Waals surface area contributed by atoms with Crippen LogP contribution in [0, 0.1) is 6.92 Å². The lowest BCUT2D eigenvalue weighted by atomic mass is 9.88. The average Bonchev–Trinajstić information content (AvgIpc) is 3.68. The number of halogens is 3. The van der Waals surface area contributed by atoms with Crippen molar-refractivity contribution >= 4 is 23.4 Å². The van der Waals surface area contributed by atoms with E-state index in [4.69, 9.17) is 14.2 Å². The molecule has 0 atom stereocenters. The molecule has 1 fully saturated rings. The Morgan fingerprint density at radius 2 is 1.81 bits per heavy atom. The van der Waals surface area contributed by atoms with Crippen LogP contribution in [0.1, 0.15) is 79.2 Å². The van der Waals surface area contributed by atoms with Crippen molar-refractivity contribution in [2.75, 3.05) is 19.7 Å². The van der Waals surface area contributed by atoms with Crippen molar-refractivity contribution in [2.24, 2.45) is 0 Å². The molecule has 1 aliphatic heterocycles.